The summed E-state index contributed by atoms with van der Waals surface area (Å²) in [6.45, 7) is 1.71. The number of benzene rings is 1. The van der Waals surface area contributed by atoms with Crippen molar-refractivity contribution in [1.29, 1.82) is 0 Å². The number of rotatable bonds is 4. The van der Waals surface area contributed by atoms with Gasteiger partial charge in [0.05, 0.1) is 18.9 Å². The molecule has 0 saturated carbocycles. The molecule has 27 heavy (non-hydrogen) atoms. The number of ether oxygens (including phenoxy) is 2. The molecule has 2 aliphatic heterocycles. The van der Waals surface area contributed by atoms with Gasteiger partial charge < -0.3 is 19.4 Å². The van der Waals surface area contributed by atoms with Crippen LogP contribution in [0.5, 0.6) is 11.5 Å². The smallest absolute Gasteiger partial charge is 0.260 e. The molecule has 1 aromatic carbocycles. The summed E-state index contributed by atoms with van der Waals surface area (Å²) >= 11 is 0. The normalized spacial score (nSPS) is 17.7. The number of nitrogens with one attached hydrogen (secondary N) is 1. The Balaban J connectivity index is 1.40. The number of hydrogen-bond acceptors (Lipinski definition) is 6. The van der Waals surface area contributed by atoms with Gasteiger partial charge >= 0.3 is 0 Å². The van der Waals surface area contributed by atoms with Crippen molar-refractivity contribution < 1.29 is 22.7 Å². The fraction of sp³-hybridized carbons (Fsp3) is 0.412. The molecule has 0 unspecified atom stereocenters. The van der Waals surface area contributed by atoms with Crippen LogP contribution in [-0.2, 0) is 21.2 Å². The van der Waals surface area contributed by atoms with E-state index in [1.807, 2.05) is 12.1 Å². The number of nitrogens with zero attached hydrogens (tertiary/aromatic N) is 3. The standard InChI is InChI=1S/C17H20N4O5S/c22-17(9-13-2-3-14-15(8-13)26-12-25-14)20-4-1-5-21(7-6-20)27(23,24)16-10-18-11-19-16/h2-3,8,10-11H,1,4-7,9,12H2,(H,18,19). The molecule has 2 aromatic rings. The maximum atomic E-state index is 12.7. The Hall–Kier alpha value is -2.59. The third kappa shape index (κ3) is 3.62. The van der Waals surface area contributed by atoms with Crippen molar-refractivity contribution >= 4 is 15.9 Å². The topological polar surface area (TPSA) is 105 Å². The van der Waals surface area contributed by atoms with Crippen LogP contribution in [0.4, 0.5) is 0 Å². The highest BCUT2D eigenvalue weighted by molar-refractivity contribution is 7.89. The van der Waals surface area contributed by atoms with Gasteiger partial charge in [0, 0.05) is 26.2 Å². The maximum absolute atomic E-state index is 12.7. The first kappa shape index (κ1) is 17.8. The number of sulfonamides is 1. The monoisotopic (exact) mass is 392 g/mol. The van der Waals surface area contributed by atoms with E-state index in [9.17, 15) is 13.2 Å². The molecule has 144 valence electrons. The van der Waals surface area contributed by atoms with Crippen molar-refractivity contribution in [3.63, 3.8) is 0 Å². The Morgan fingerprint density at radius 3 is 2.81 bits per heavy atom. The van der Waals surface area contributed by atoms with Gasteiger partial charge in [0.1, 0.15) is 0 Å². The minimum absolute atomic E-state index is 0.0327. The van der Waals surface area contributed by atoms with Gasteiger partial charge in [-0.05, 0) is 24.1 Å². The number of hydrogen-bond donors (Lipinski definition) is 1. The first-order chi connectivity index (χ1) is 13.0. The van der Waals surface area contributed by atoms with Crippen LogP contribution in [0.3, 0.4) is 0 Å². The first-order valence-corrected chi connectivity index (χ1v) is 10.1. The fourth-order valence-corrected chi connectivity index (χ4v) is 4.61. The second-order valence-corrected chi connectivity index (χ2v) is 8.33. The number of H-pyrrole nitrogens is 1. The molecule has 1 saturated heterocycles. The molecule has 4 rings (SSSR count). The summed E-state index contributed by atoms with van der Waals surface area (Å²) in [5.74, 6) is 1.29. The molecular formula is C17H20N4O5S. The average Bonchev–Trinajstić information content (AvgIpc) is 3.28. The lowest BCUT2D eigenvalue weighted by Gasteiger charge is -2.21. The van der Waals surface area contributed by atoms with Crippen molar-refractivity contribution in [2.24, 2.45) is 0 Å². The first-order valence-electron chi connectivity index (χ1n) is 8.69. The number of carbonyl (C=O) groups excluding carboxylic acids is 1. The molecule has 1 fully saturated rings. The Kier molecular flexibility index (Phi) is 4.75. The largest absolute Gasteiger partial charge is 0.454 e. The molecule has 1 amide bonds. The van der Waals surface area contributed by atoms with Crippen LogP contribution in [0.25, 0.3) is 0 Å². The minimum atomic E-state index is -3.61. The van der Waals surface area contributed by atoms with E-state index in [-0.39, 0.29) is 30.7 Å². The Bertz CT molecular complexity index is 929. The van der Waals surface area contributed by atoms with Gasteiger partial charge in [-0.15, -0.1) is 0 Å². The van der Waals surface area contributed by atoms with Crippen LogP contribution in [0.2, 0.25) is 0 Å². The molecule has 9 nitrogen and oxygen atoms in total. The lowest BCUT2D eigenvalue weighted by atomic mass is 10.1. The van der Waals surface area contributed by atoms with E-state index in [0.29, 0.717) is 37.6 Å². The van der Waals surface area contributed by atoms with E-state index in [1.165, 1.54) is 16.8 Å². The average molecular weight is 392 g/mol. The molecule has 3 heterocycles. The third-order valence-corrected chi connectivity index (χ3v) is 6.51. The summed E-state index contributed by atoms with van der Waals surface area (Å²) in [5.41, 5.74) is 0.843. The predicted octanol–water partition coefficient (Wildman–Crippen LogP) is 0.604. The van der Waals surface area contributed by atoms with Crippen LogP contribution >= 0.6 is 0 Å². The van der Waals surface area contributed by atoms with Crippen LogP contribution < -0.4 is 9.47 Å². The maximum Gasteiger partial charge on any atom is 0.260 e. The highest BCUT2D eigenvalue weighted by Gasteiger charge is 2.29. The zero-order valence-corrected chi connectivity index (χ0v) is 15.4. The lowest BCUT2D eigenvalue weighted by Crippen LogP contribution is -2.38. The van der Waals surface area contributed by atoms with Gasteiger partial charge in [-0.2, -0.15) is 4.31 Å². The predicted molar refractivity (Wildman–Crippen MR) is 94.8 cm³/mol. The molecule has 10 heteroatoms. The van der Waals surface area contributed by atoms with Crippen molar-refractivity contribution in [3.05, 3.63) is 36.3 Å². The van der Waals surface area contributed by atoms with Crippen molar-refractivity contribution in [3.8, 4) is 11.5 Å². The molecule has 0 aliphatic carbocycles. The summed E-state index contributed by atoms with van der Waals surface area (Å²) < 4.78 is 37.2. The van der Waals surface area contributed by atoms with Crippen molar-refractivity contribution in [2.45, 2.75) is 17.9 Å². The number of aromatic amines is 1. The number of imidazole rings is 1. The highest BCUT2D eigenvalue weighted by Crippen LogP contribution is 2.32. The molecule has 2 aliphatic rings. The quantitative estimate of drug-likeness (QED) is 0.817. The third-order valence-electron chi connectivity index (χ3n) is 4.69. The summed E-state index contributed by atoms with van der Waals surface area (Å²) in [4.78, 5) is 20.8. The summed E-state index contributed by atoms with van der Waals surface area (Å²) in [6.07, 6.45) is 3.46. The molecular weight excluding hydrogens is 372 g/mol. The zero-order valence-electron chi connectivity index (χ0n) is 14.6. The molecule has 1 aromatic heterocycles. The van der Waals surface area contributed by atoms with E-state index in [1.54, 1.807) is 11.0 Å². The zero-order chi connectivity index (χ0) is 18.9. The molecule has 0 atom stereocenters. The Morgan fingerprint density at radius 2 is 2.00 bits per heavy atom. The second kappa shape index (κ2) is 7.20. The number of amides is 1. The van der Waals surface area contributed by atoms with Gasteiger partial charge in [-0.1, -0.05) is 6.07 Å². The van der Waals surface area contributed by atoms with E-state index in [4.69, 9.17) is 9.47 Å². The van der Waals surface area contributed by atoms with Gasteiger partial charge in [0.25, 0.3) is 10.0 Å². The second-order valence-electron chi connectivity index (χ2n) is 6.42. The minimum Gasteiger partial charge on any atom is -0.454 e. The van der Waals surface area contributed by atoms with E-state index in [2.05, 4.69) is 9.97 Å². The molecule has 0 bridgehead atoms. The van der Waals surface area contributed by atoms with Crippen molar-refractivity contribution in [2.75, 3.05) is 33.0 Å². The molecule has 0 radical (unpaired) electrons. The van der Waals surface area contributed by atoms with E-state index in [0.717, 1.165) is 5.56 Å². The highest BCUT2D eigenvalue weighted by atomic mass is 32.2. The van der Waals surface area contributed by atoms with E-state index < -0.39 is 10.0 Å². The summed E-state index contributed by atoms with van der Waals surface area (Å²) in [6, 6.07) is 5.46. The fourth-order valence-electron chi connectivity index (χ4n) is 3.24. The molecule has 0 spiro atoms. The van der Waals surface area contributed by atoms with Gasteiger partial charge in [0.2, 0.25) is 12.7 Å². The molecule has 1 N–H and O–H groups in total. The lowest BCUT2D eigenvalue weighted by molar-refractivity contribution is -0.130. The van der Waals surface area contributed by atoms with Crippen LogP contribution in [-0.4, -0.2) is 66.5 Å². The number of fused-ring (bicyclic) bond motifs is 1. The number of carbonyl (C=O) groups is 1. The van der Waals surface area contributed by atoms with Gasteiger partial charge in [0.15, 0.2) is 16.5 Å². The van der Waals surface area contributed by atoms with E-state index >= 15 is 0 Å². The van der Waals surface area contributed by atoms with Gasteiger partial charge in [-0.3, -0.25) is 4.79 Å². The Morgan fingerprint density at radius 1 is 1.15 bits per heavy atom. The summed E-state index contributed by atoms with van der Waals surface area (Å²) in [7, 11) is -3.61. The van der Waals surface area contributed by atoms with Gasteiger partial charge in [-0.25, -0.2) is 13.4 Å². The SMILES string of the molecule is O=C(Cc1ccc2c(c1)OCO2)N1CCCN(S(=O)(=O)c2cnc[nH]2)CC1. The Labute approximate surface area is 156 Å². The van der Waals surface area contributed by atoms with Crippen molar-refractivity contribution in [1.82, 2.24) is 19.2 Å². The van der Waals surface area contributed by atoms with Crippen LogP contribution in [0.1, 0.15) is 12.0 Å². The summed E-state index contributed by atoms with van der Waals surface area (Å²) in [5, 5.41) is 0.0719. The van der Waals surface area contributed by atoms with Crippen LogP contribution in [0, 0.1) is 0 Å². The van der Waals surface area contributed by atoms with Crippen LogP contribution in [0.15, 0.2) is 35.7 Å². The number of aromatic nitrogens is 2.